The van der Waals surface area contributed by atoms with E-state index in [-0.39, 0.29) is 11.3 Å². The third-order valence-corrected chi connectivity index (χ3v) is 4.07. The number of amides is 1. The van der Waals surface area contributed by atoms with E-state index < -0.39 is 23.6 Å². The van der Waals surface area contributed by atoms with E-state index in [0.29, 0.717) is 23.4 Å². The van der Waals surface area contributed by atoms with Crippen molar-refractivity contribution in [3.8, 4) is 0 Å². The average molecular weight is 327 g/mol. The molecule has 5 nitrogen and oxygen atoms in total. The van der Waals surface area contributed by atoms with Crippen molar-refractivity contribution in [2.24, 2.45) is 0 Å². The van der Waals surface area contributed by atoms with Gasteiger partial charge in [0.25, 0.3) is 0 Å². The summed E-state index contributed by atoms with van der Waals surface area (Å²) in [5.41, 5.74) is 1.37. The highest BCUT2D eigenvalue weighted by Crippen LogP contribution is 2.38. The number of nitrogens with zero attached hydrogens (tertiary/aromatic N) is 1. The molecule has 0 radical (unpaired) electrons. The van der Waals surface area contributed by atoms with Crippen molar-refractivity contribution in [3.63, 3.8) is 0 Å². The van der Waals surface area contributed by atoms with Crippen LogP contribution in [-0.4, -0.2) is 29.3 Å². The van der Waals surface area contributed by atoms with E-state index in [1.807, 2.05) is 0 Å². The predicted octanol–water partition coefficient (Wildman–Crippen LogP) is 2.59. The van der Waals surface area contributed by atoms with Crippen LogP contribution in [0, 0.1) is 5.82 Å². The summed E-state index contributed by atoms with van der Waals surface area (Å²) in [5.74, 6) is -3.86. The number of carboxylic acid groups (broad SMARTS) is 1. The van der Waals surface area contributed by atoms with Gasteiger partial charge < -0.3 is 10.0 Å². The number of rotatable bonds is 4. The van der Waals surface area contributed by atoms with Crippen LogP contribution >= 0.6 is 0 Å². The minimum absolute atomic E-state index is 0.261. The van der Waals surface area contributed by atoms with Crippen LogP contribution < -0.4 is 4.90 Å². The fourth-order valence-corrected chi connectivity index (χ4v) is 2.91. The highest BCUT2D eigenvalue weighted by atomic mass is 19.1. The minimum Gasteiger partial charge on any atom is -0.480 e. The SMILES string of the molecule is CCN1C(=O)C(C(=O)O)c2cc(C(=O)c3ccc(F)cc3)ccc21. The summed E-state index contributed by atoms with van der Waals surface area (Å²) in [6.45, 7) is 2.10. The Labute approximate surface area is 137 Å². The smallest absolute Gasteiger partial charge is 0.320 e. The molecule has 1 heterocycles. The van der Waals surface area contributed by atoms with Crippen LogP contribution in [0.4, 0.5) is 10.1 Å². The van der Waals surface area contributed by atoms with E-state index in [2.05, 4.69) is 0 Å². The van der Waals surface area contributed by atoms with Crippen LogP contribution in [0.3, 0.4) is 0 Å². The van der Waals surface area contributed by atoms with E-state index in [4.69, 9.17) is 0 Å². The maximum absolute atomic E-state index is 13.0. The molecule has 0 bridgehead atoms. The zero-order chi connectivity index (χ0) is 17.4. The van der Waals surface area contributed by atoms with Gasteiger partial charge in [-0.05, 0) is 49.4 Å². The molecule has 2 aromatic rings. The van der Waals surface area contributed by atoms with Gasteiger partial charge >= 0.3 is 5.97 Å². The van der Waals surface area contributed by atoms with Crippen molar-refractivity contribution < 1.29 is 23.9 Å². The number of likely N-dealkylation sites (N-methyl/N-ethyl adjacent to an activating group) is 1. The number of carbonyl (C=O) groups excluding carboxylic acids is 2. The van der Waals surface area contributed by atoms with Gasteiger partial charge in [-0.1, -0.05) is 0 Å². The van der Waals surface area contributed by atoms with Crippen LogP contribution in [0.1, 0.15) is 34.3 Å². The number of carbonyl (C=O) groups is 3. The molecule has 1 atom stereocenters. The number of carboxylic acids is 1. The standard InChI is InChI=1S/C18H14FNO4/c1-2-20-14-8-5-11(9-13(14)15(17(20)22)18(23)24)16(21)10-3-6-12(19)7-4-10/h3-9,15H,2H2,1H3,(H,23,24). The second-order valence-corrected chi connectivity index (χ2v) is 5.46. The summed E-state index contributed by atoms with van der Waals surface area (Å²) < 4.78 is 13.0. The first-order valence-electron chi connectivity index (χ1n) is 7.42. The van der Waals surface area contributed by atoms with Crippen molar-refractivity contribution in [2.75, 3.05) is 11.4 Å². The Morgan fingerprint density at radius 2 is 1.75 bits per heavy atom. The Kier molecular flexibility index (Phi) is 3.89. The van der Waals surface area contributed by atoms with Crippen molar-refractivity contribution in [3.05, 3.63) is 65.0 Å². The quantitative estimate of drug-likeness (QED) is 0.692. The Morgan fingerprint density at radius 1 is 1.12 bits per heavy atom. The molecule has 3 rings (SSSR count). The molecule has 1 aliphatic heterocycles. The maximum atomic E-state index is 13.0. The molecule has 0 aliphatic carbocycles. The van der Waals surface area contributed by atoms with Crippen molar-refractivity contribution in [2.45, 2.75) is 12.8 Å². The second-order valence-electron chi connectivity index (χ2n) is 5.46. The number of halogens is 1. The molecule has 6 heteroatoms. The number of anilines is 1. The molecule has 0 fully saturated rings. The molecular formula is C18H14FNO4. The van der Waals surface area contributed by atoms with Crippen molar-refractivity contribution >= 4 is 23.3 Å². The molecule has 0 aromatic heterocycles. The molecule has 0 saturated heterocycles. The van der Waals surface area contributed by atoms with Gasteiger partial charge in [0.2, 0.25) is 5.91 Å². The first kappa shape index (κ1) is 15.9. The van der Waals surface area contributed by atoms with Crippen molar-refractivity contribution in [1.29, 1.82) is 0 Å². The molecule has 2 aromatic carbocycles. The number of aliphatic carboxylic acids is 1. The third kappa shape index (κ3) is 2.46. The van der Waals surface area contributed by atoms with E-state index in [1.54, 1.807) is 19.1 Å². The number of benzene rings is 2. The predicted molar refractivity (Wildman–Crippen MR) is 84.7 cm³/mol. The number of hydrogen-bond acceptors (Lipinski definition) is 3. The highest BCUT2D eigenvalue weighted by Gasteiger charge is 2.41. The molecule has 1 unspecified atom stereocenters. The van der Waals surface area contributed by atoms with E-state index in [9.17, 15) is 23.9 Å². The second kappa shape index (κ2) is 5.88. The van der Waals surface area contributed by atoms with E-state index >= 15 is 0 Å². The van der Waals surface area contributed by atoms with Gasteiger partial charge in [-0.3, -0.25) is 14.4 Å². The average Bonchev–Trinajstić information content (AvgIpc) is 2.85. The summed E-state index contributed by atoms with van der Waals surface area (Å²) in [7, 11) is 0. The van der Waals surface area contributed by atoms with Gasteiger partial charge in [-0.2, -0.15) is 0 Å². The minimum atomic E-state index is -1.30. The maximum Gasteiger partial charge on any atom is 0.320 e. The molecular weight excluding hydrogens is 313 g/mol. The summed E-state index contributed by atoms with van der Waals surface area (Å²) >= 11 is 0. The molecule has 122 valence electrons. The lowest BCUT2D eigenvalue weighted by Crippen LogP contribution is -2.31. The Hall–Kier alpha value is -3.02. The fraction of sp³-hybridized carbons (Fsp3) is 0.167. The molecule has 0 saturated carbocycles. The lowest BCUT2D eigenvalue weighted by molar-refractivity contribution is -0.142. The van der Waals surface area contributed by atoms with Gasteiger partial charge in [0.1, 0.15) is 5.82 Å². The van der Waals surface area contributed by atoms with Gasteiger partial charge in [0.05, 0.1) is 0 Å². The normalized spacial score (nSPS) is 16.2. The topological polar surface area (TPSA) is 74.7 Å². The van der Waals surface area contributed by atoms with Crippen LogP contribution in [0.15, 0.2) is 42.5 Å². The summed E-state index contributed by atoms with van der Waals surface area (Å²) in [6, 6.07) is 9.66. The summed E-state index contributed by atoms with van der Waals surface area (Å²) in [6.07, 6.45) is 0. The highest BCUT2D eigenvalue weighted by molar-refractivity contribution is 6.17. The first-order valence-corrected chi connectivity index (χ1v) is 7.42. The van der Waals surface area contributed by atoms with Gasteiger partial charge in [-0.15, -0.1) is 0 Å². The molecule has 1 aliphatic rings. The Balaban J connectivity index is 2.05. The van der Waals surface area contributed by atoms with Gasteiger partial charge in [-0.25, -0.2) is 4.39 Å². The molecule has 0 spiro atoms. The molecule has 1 N–H and O–H groups in total. The molecule has 1 amide bonds. The van der Waals surface area contributed by atoms with Crippen LogP contribution in [0.5, 0.6) is 0 Å². The lowest BCUT2D eigenvalue weighted by Gasteiger charge is -2.14. The van der Waals surface area contributed by atoms with Crippen molar-refractivity contribution in [1.82, 2.24) is 0 Å². The van der Waals surface area contributed by atoms with E-state index in [1.165, 1.54) is 35.2 Å². The largest absolute Gasteiger partial charge is 0.480 e. The third-order valence-electron chi connectivity index (χ3n) is 4.07. The zero-order valence-corrected chi connectivity index (χ0v) is 12.8. The van der Waals surface area contributed by atoms with Crippen LogP contribution in [0.2, 0.25) is 0 Å². The Bertz CT molecular complexity index is 845. The summed E-state index contributed by atoms with van der Waals surface area (Å²) in [5, 5.41) is 9.35. The van der Waals surface area contributed by atoms with E-state index in [0.717, 1.165) is 0 Å². The molecule has 24 heavy (non-hydrogen) atoms. The monoisotopic (exact) mass is 327 g/mol. The fourth-order valence-electron chi connectivity index (χ4n) is 2.91. The van der Waals surface area contributed by atoms with Crippen LogP contribution in [0.25, 0.3) is 0 Å². The number of fused-ring (bicyclic) bond motifs is 1. The number of hydrogen-bond donors (Lipinski definition) is 1. The lowest BCUT2D eigenvalue weighted by atomic mass is 9.95. The first-order chi connectivity index (χ1) is 11.4. The Morgan fingerprint density at radius 3 is 2.33 bits per heavy atom. The van der Waals surface area contributed by atoms with Gasteiger partial charge in [0, 0.05) is 28.9 Å². The van der Waals surface area contributed by atoms with Crippen LogP contribution in [-0.2, 0) is 9.59 Å². The number of ketones is 1. The zero-order valence-electron chi connectivity index (χ0n) is 12.8. The van der Waals surface area contributed by atoms with Gasteiger partial charge in [0.15, 0.2) is 11.7 Å². The summed E-state index contributed by atoms with van der Waals surface area (Å²) in [4.78, 5) is 37.6.